The second kappa shape index (κ2) is 12.1. The molecule has 3 rings (SSSR count). The number of hydrogen-bond acceptors (Lipinski definition) is 4. The topological polar surface area (TPSA) is 56.8 Å². The Morgan fingerprint density at radius 3 is 1.92 bits per heavy atom. The van der Waals surface area contributed by atoms with E-state index in [4.69, 9.17) is 15.3 Å². The van der Waals surface area contributed by atoms with Crippen molar-refractivity contribution in [3.63, 3.8) is 0 Å². The molecule has 0 unspecified atom stereocenters. The maximum Gasteiger partial charge on any atom is 0.407 e. The second-order valence-electron chi connectivity index (χ2n) is 12.4. The highest BCUT2D eigenvalue weighted by Crippen LogP contribution is 2.39. The Hall–Kier alpha value is -2.15. The fourth-order valence-electron chi connectivity index (χ4n) is 5.30. The summed E-state index contributed by atoms with van der Waals surface area (Å²) < 4.78 is 27.9. The van der Waals surface area contributed by atoms with Crippen molar-refractivity contribution in [2.24, 2.45) is 0 Å². The standard InChI is InChI=1S/C31H47NO4Si/c1-25(32-28(33)36-29(2,3)4)23-34-31(21-15-10-16-22-31)24-35-37(30(5,6)7,26-17-11-8-12-18-26)27-19-13-9-14-20-27/h8-9,11-14,17-20,25H,10,15-16,21-24H2,1-7H3,(H,32,33)/t25-/m1/s1/i25D. The molecular formula is C31H47NO4Si. The first-order valence-electron chi connectivity index (χ1n) is 14.1. The number of benzene rings is 2. The Balaban J connectivity index is 1.88. The number of ether oxygens (including phenoxy) is 2. The number of hydrogen-bond donors (Lipinski definition) is 1. The van der Waals surface area contributed by atoms with Crippen LogP contribution in [0.1, 0.15) is 81.9 Å². The van der Waals surface area contributed by atoms with Gasteiger partial charge in [0.2, 0.25) is 0 Å². The molecule has 1 saturated carbocycles. The molecule has 0 radical (unpaired) electrons. The highest BCUT2D eigenvalue weighted by atomic mass is 28.4. The molecule has 1 N–H and O–H groups in total. The van der Waals surface area contributed by atoms with E-state index in [0.717, 1.165) is 25.7 Å². The molecule has 204 valence electrons. The van der Waals surface area contributed by atoms with Gasteiger partial charge < -0.3 is 19.2 Å². The molecule has 1 aliphatic carbocycles. The molecule has 1 fully saturated rings. The van der Waals surface area contributed by atoms with Crippen LogP contribution in [0.3, 0.4) is 0 Å². The summed E-state index contributed by atoms with van der Waals surface area (Å²) in [4.78, 5) is 12.4. The van der Waals surface area contributed by atoms with Gasteiger partial charge in [-0.2, -0.15) is 0 Å². The van der Waals surface area contributed by atoms with Crippen LogP contribution in [-0.4, -0.2) is 44.8 Å². The Bertz CT molecular complexity index is 986. The lowest BCUT2D eigenvalue weighted by atomic mass is 9.85. The minimum absolute atomic E-state index is 0.0519. The zero-order chi connectivity index (χ0) is 28.1. The smallest absolute Gasteiger partial charge is 0.407 e. The van der Waals surface area contributed by atoms with Gasteiger partial charge in [-0.1, -0.05) is 101 Å². The summed E-state index contributed by atoms with van der Waals surface area (Å²) in [5.74, 6) is 0. The van der Waals surface area contributed by atoms with Gasteiger partial charge in [-0.05, 0) is 55.9 Å². The number of alkyl carbamates (subject to hydrolysis) is 1. The van der Waals surface area contributed by atoms with Gasteiger partial charge in [0.25, 0.3) is 8.32 Å². The van der Waals surface area contributed by atoms with E-state index in [9.17, 15) is 4.79 Å². The second-order valence-corrected chi connectivity index (χ2v) is 16.7. The van der Waals surface area contributed by atoms with Gasteiger partial charge in [-0.25, -0.2) is 4.79 Å². The predicted octanol–water partition coefficient (Wildman–Crippen LogP) is 6.20. The van der Waals surface area contributed by atoms with Crippen LogP contribution in [0.5, 0.6) is 0 Å². The SMILES string of the molecule is [2H][C@@](C)(COC1(CO[Si](c2ccccc2)(c2ccccc2)C(C)(C)C)CCCCC1)NC(=O)OC(C)(C)C. The molecule has 0 bridgehead atoms. The van der Waals surface area contributed by atoms with Crippen LogP contribution < -0.4 is 15.7 Å². The lowest BCUT2D eigenvalue weighted by Crippen LogP contribution is -2.67. The van der Waals surface area contributed by atoms with E-state index in [-0.39, 0.29) is 11.6 Å². The van der Waals surface area contributed by atoms with Crippen molar-refractivity contribution in [3.8, 4) is 0 Å². The van der Waals surface area contributed by atoms with Crippen LogP contribution >= 0.6 is 0 Å². The summed E-state index contributed by atoms with van der Waals surface area (Å²) in [6.07, 6.45) is 4.40. The Kier molecular flexibility index (Phi) is 9.14. The molecule has 2 aromatic rings. The monoisotopic (exact) mass is 526 g/mol. The molecule has 1 amide bonds. The summed E-state index contributed by atoms with van der Waals surface area (Å²) in [7, 11) is -2.72. The maximum atomic E-state index is 12.4. The number of nitrogens with one attached hydrogen (secondary N) is 1. The summed E-state index contributed by atoms with van der Waals surface area (Å²) in [5, 5.41) is 5.01. The van der Waals surface area contributed by atoms with Crippen molar-refractivity contribution < 1.29 is 20.1 Å². The first-order valence-corrected chi connectivity index (χ1v) is 15.5. The van der Waals surface area contributed by atoms with E-state index in [1.165, 1.54) is 16.8 Å². The zero-order valence-electron chi connectivity index (χ0n) is 24.9. The van der Waals surface area contributed by atoms with Crippen LogP contribution in [0.4, 0.5) is 4.79 Å². The summed E-state index contributed by atoms with van der Waals surface area (Å²) >= 11 is 0. The van der Waals surface area contributed by atoms with Crippen molar-refractivity contribution in [2.45, 2.75) is 103 Å². The van der Waals surface area contributed by atoms with Gasteiger partial charge in [0.05, 0.1) is 26.2 Å². The van der Waals surface area contributed by atoms with E-state index in [1.54, 1.807) is 6.92 Å². The van der Waals surface area contributed by atoms with E-state index < -0.39 is 31.6 Å². The maximum absolute atomic E-state index is 12.4. The molecule has 5 nitrogen and oxygen atoms in total. The molecule has 0 aliphatic heterocycles. The van der Waals surface area contributed by atoms with Gasteiger partial charge in [0, 0.05) is 0 Å². The third-order valence-electron chi connectivity index (χ3n) is 7.04. The molecule has 1 atom stereocenters. The average Bonchev–Trinajstić information content (AvgIpc) is 2.83. The van der Waals surface area contributed by atoms with Gasteiger partial charge in [-0.3, -0.25) is 0 Å². The highest BCUT2D eigenvalue weighted by molar-refractivity contribution is 6.99. The number of rotatable bonds is 9. The van der Waals surface area contributed by atoms with Gasteiger partial charge in [-0.15, -0.1) is 0 Å². The Morgan fingerprint density at radius 2 is 1.46 bits per heavy atom. The highest BCUT2D eigenvalue weighted by Gasteiger charge is 2.51. The number of amides is 1. The van der Waals surface area contributed by atoms with Gasteiger partial charge in [0.1, 0.15) is 5.60 Å². The fraction of sp³-hybridized carbons (Fsp3) is 0.581. The largest absolute Gasteiger partial charge is 0.444 e. The summed E-state index contributed by atoms with van der Waals surface area (Å²) in [5.41, 5.74) is -1.14. The molecule has 0 heterocycles. The van der Waals surface area contributed by atoms with Crippen LogP contribution in [0.25, 0.3) is 0 Å². The molecule has 6 heteroatoms. The minimum atomic E-state index is -2.72. The van der Waals surface area contributed by atoms with Crippen LogP contribution in [0.15, 0.2) is 60.7 Å². The molecule has 0 saturated heterocycles. The first-order chi connectivity index (χ1) is 17.7. The van der Waals surface area contributed by atoms with Crippen molar-refractivity contribution in [2.75, 3.05) is 13.2 Å². The van der Waals surface area contributed by atoms with Crippen LogP contribution in [0.2, 0.25) is 5.04 Å². The number of carbonyl (C=O) groups is 1. The molecule has 1 aliphatic rings. The van der Waals surface area contributed by atoms with Gasteiger partial charge >= 0.3 is 6.09 Å². The molecule has 2 aromatic carbocycles. The molecular weight excluding hydrogens is 478 g/mol. The van der Waals surface area contributed by atoms with Crippen LogP contribution in [0, 0.1) is 0 Å². The third-order valence-corrected chi connectivity index (χ3v) is 12.0. The van der Waals surface area contributed by atoms with Gasteiger partial charge in [0.15, 0.2) is 0 Å². The minimum Gasteiger partial charge on any atom is -0.444 e. The average molecular weight is 527 g/mol. The number of carbonyl (C=O) groups excluding carboxylic acids is 1. The van der Waals surface area contributed by atoms with E-state index in [2.05, 4.69) is 86.8 Å². The lowest BCUT2D eigenvalue weighted by Gasteiger charge is -2.46. The first kappa shape index (κ1) is 27.9. The third kappa shape index (κ3) is 7.68. The molecule has 37 heavy (non-hydrogen) atoms. The van der Waals surface area contributed by atoms with Crippen LogP contribution in [-0.2, 0) is 13.9 Å². The Morgan fingerprint density at radius 1 is 0.946 bits per heavy atom. The van der Waals surface area contributed by atoms with Crippen molar-refractivity contribution >= 4 is 24.8 Å². The zero-order valence-corrected chi connectivity index (χ0v) is 24.9. The Labute approximate surface area is 226 Å². The lowest BCUT2D eigenvalue weighted by molar-refractivity contribution is -0.102. The van der Waals surface area contributed by atoms with E-state index in [0.29, 0.717) is 6.61 Å². The summed E-state index contributed by atoms with van der Waals surface area (Å²) in [6.45, 7) is 14.4. The molecule has 0 aromatic heterocycles. The van der Waals surface area contributed by atoms with Crippen molar-refractivity contribution in [1.82, 2.24) is 5.32 Å². The predicted molar refractivity (Wildman–Crippen MR) is 154 cm³/mol. The van der Waals surface area contributed by atoms with Crippen molar-refractivity contribution in [1.29, 1.82) is 0 Å². The quantitative estimate of drug-likeness (QED) is 0.396. The van der Waals surface area contributed by atoms with Crippen molar-refractivity contribution in [3.05, 3.63) is 60.7 Å². The normalized spacial score (nSPS) is 18.4. The van der Waals surface area contributed by atoms with E-state index >= 15 is 0 Å². The molecule has 0 spiro atoms. The summed E-state index contributed by atoms with van der Waals surface area (Å²) in [6, 6.07) is 19.9. The van der Waals surface area contributed by atoms with E-state index in [1.807, 2.05) is 20.8 Å². The fourth-order valence-corrected chi connectivity index (χ4v) is 9.94.